The van der Waals surface area contributed by atoms with Gasteiger partial charge in [0.1, 0.15) is 0 Å². The quantitative estimate of drug-likeness (QED) is 0.767. The number of hydrogen-bond donors (Lipinski definition) is 0. The first kappa shape index (κ1) is 14.8. The van der Waals surface area contributed by atoms with Gasteiger partial charge in [-0.3, -0.25) is 9.59 Å². The van der Waals surface area contributed by atoms with Gasteiger partial charge < -0.3 is 14.5 Å². The predicted octanol–water partition coefficient (Wildman–Crippen LogP) is 1.27. The van der Waals surface area contributed by atoms with Crippen molar-refractivity contribution in [3.8, 4) is 0 Å². The maximum absolute atomic E-state index is 12.6. The first-order valence-corrected chi connectivity index (χ1v) is 8.33. The van der Waals surface area contributed by atoms with Gasteiger partial charge in [-0.25, -0.2) is 0 Å². The molecule has 5 heteroatoms. The lowest BCUT2D eigenvalue weighted by Crippen LogP contribution is -2.45. The molecule has 0 radical (unpaired) electrons. The highest BCUT2D eigenvalue weighted by atomic mass is 16.5. The summed E-state index contributed by atoms with van der Waals surface area (Å²) in [5.74, 6) is 0.877. The summed E-state index contributed by atoms with van der Waals surface area (Å²) in [6, 6.07) is 0. The summed E-state index contributed by atoms with van der Waals surface area (Å²) in [5.41, 5.74) is 0. The fourth-order valence-electron chi connectivity index (χ4n) is 3.40. The van der Waals surface area contributed by atoms with Gasteiger partial charge >= 0.3 is 0 Å². The Labute approximate surface area is 126 Å². The van der Waals surface area contributed by atoms with Crippen molar-refractivity contribution >= 4 is 11.8 Å². The molecule has 2 aliphatic heterocycles. The number of amides is 2. The van der Waals surface area contributed by atoms with Gasteiger partial charge in [-0.1, -0.05) is 6.92 Å². The van der Waals surface area contributed by atoms with Crippen LogP contribution in [-0.4, -0.2) is 60.5 Å². The van der Waals surface area contributed by atoms with E-state index in [1.807, 2.05) is 4.90 Å². The fourth-order valence-corrected chi connectivity index (χ4v) is 3.40. The lowest BCUT2D eigenvalue weighted by molar-refractivity contribution is -0.142. The number of nitrogens with zero attached hydrogens (tertiary/aromatic N) is 2. The standard InChI is InChI=1S/C16H26N2O3/c1-12-9-14(12)16(20)18(10-13-5-4-8-21-13)11-15(19)17-6-2-3-7-17/h12-14H,2-11H2,1H3/t12-,13+,14+/m1/s1. The van der Waals surface area contributed by atoms with Crippen LogP contribution >= 0.6 is 0 Å². The average molecular weight is 294 g/mol. The molecule has 0 unspecified atom stereocenters. The van der Waals surface area contributed by atoms with Gasteiger partial charge in [-0.2, -0.15) is 0 Å². The summed E-state index contributed by atoms with van der Waals surface area (Å²) in [7, 11) is 0. The molecule has 0 N–H and O–H groups in total. The second-order valence-corrected chi connectivity index (χ2v) is 6.76. The molecule has 0 aromatic rings. The summed E-state index contributed by atoms with van der Waals surface area (Å²) in [5, 5.41) is 0. The second kappa shape index (κ2) is 6.34. The Bertz CT molecular complexity index is 400. The monoisotopic (exact) mass is 294 g/mol. The van der Waals surface area contributed by atoms with Crippen molar-refractivity contribution in [1.82, 2.24) is 9.80 Å². The first-order chi connectivity index (χ1) is 10.1. The molecular weight excluding hydrogens is 268 g/mol. The van der Waals surface area contributed by atoms with Gasteiger partial charge in [-0.05, 0) is 38.0 Å². The van der Waals surface area contributed by atoms with Crippen molar-refractivity contribution in [3.05, 3.63) is 0 Å². The molecule has 2 amide bonds. The molecule has 0 aromatic carbocycles. The molecule has 21 heavy (non-hydrogen) atoms. The van der Waals surface area contributed by atoms with E-state index < -0.39 is 0 Å². The second-order valence-electron chi connectivity index (χ2n) is 6.76. The molecule has 0 spiro atoms. The predicted molar refractivity (Wildman–Crippen MR) is 78.6 cm³/mol. The fraction of sp³-hybridized carbons (Fsp3) is 0.875. The lowest BCUT2D eigenvalue weighted by atomic mass is 10.2. The molecule has 3 atom stereocenters. The topological polar surface area (TPSA) is 49.9 Å². The third-order valence-corrected chi connectivity index (χ3v) is 4.97. The molecule has 3 rings (SSSR count). The summed E-state index contributed by atoms with van der Waals surface area (Å²) in [6.07, 6.45) is 5.33. The SMILES string of the molecule is C[C@@H]1C[C@@H]1C(=O)N(CC(=O)N1CCCC1)C[C@@H]1CCCO1. The number of likely N-dealkylation sites (tertiary alicyclic amines) is 1. The largest absolute Gasteiger partial charge is 0.376 e. The van der Waals surface area contributed by atoms with E-state index in [1.54, 1.807) is 4.90 Å². The van der Waals surface area contributed by atoms with E-state index in [-0.39, 0.29) is 30.4 Å². The maximum Gasteiger partial charge on any atom is 0.242 e. The Balaban J connectivity index is 1.59. The van der Waals surface area contributed by atoms with Crippen LogP contribution in [0.3, 0.4) is 0 Å². The molecule has 2 heterocycles. The Morgan fingerprint density at radius 2 is 1.95 bits per heavy atom. The number of carbonyl (C=O) groups excluding carboxylic acids is 2. The van der Waals surface area contributed by atoms with Gasteiger partial charge in [0.25, 0.3) is 0 Å². The van der Waals surface area contributed by atoms with Crippen molar-refractivity contribution in [1.29, 1.82) is 0 Å². The highest BCUT2D eigenvalue weighted by Gasteiger charge is 2.42. The summed E-state index contributed by atoms with van der Waals surface area (Å²) < 4.78 is 5.65. The van der Waals surface area contributed by atoms with Gasteiger partial charge in [0.05, 0.1) is 12.6 Å². The molecule has 0 aromatic heterocycles. The van der Waals surface area contributed by atoms with Crippen LogP contribution < -0.4 is 0 Å². The minimum atomic E-state index is 0.104. The maximum atomic E-state index is 12.6. The van der Waals surface area contributed by atoms with E-state index in [0.717, 1.165) is 51.8 Å². The van der Waals surface area contributed by atoms with Crippen LogP contribution in [0.4, 0.5) is 0 Å². The lowest BCUT2D eigenvalue weighted by Gasteiger charge is -2.27. The van der Waals surface area contributed by atoms with Crippen LogP contribution in [0, 0.1) is 11.8 Å². The van der Waals surface area contributed by atoms with Crippen LogP contribution in [0.5, 0.6) is 0 Å². The zero-order valence-corrected chi connectivity index (χ0v) is 12.9. The molecule has 1 aliphatic carbocycles. The van der Waals surface area contributed by atoms with Crippen molar-refractivity contribution in [2.24, 2.45) is 11.8 Å². The molecule has 0 bridgehead atoms. The normalized spacial score (nSPS) is 31.5. The van der Waals surface area contributed by atoms with E-state index >= 15 is 0 Å². The third kappa shape index (κ3) is 3.57. The van der Waals surface area contributed by atoms with Crippen molar-refractivity contribution in [2.45, 2.75) is 45.1 Å². The van der Waals surface area contributed by atoms with Crippen molar-refractivity contribution in [3.63, 3.8) is 0 Å². The van der Waals surface area contributed by atoms with Crippen LogP contribution in [-0.2, 0) is 14.3 Å². The number of hydrogen-bond acceptors (Lipinski definition) is 3. The molecular formula is C16H26N2O3. The van der Waals surface area contributed by atoms with Crippen molar-refractivity contribution in [2.75, 3.05) is 32.8 Å². The Hall–Kier alpha value is -1.10. The minimum absolute atomic E-state index is 0.104. The molecule has 1 saturated carbocycles. The smallest absolute Gasteiger partial charge is 0.242 e. The van der Waals surface area contributed by atoms with Crippen LogP contribution in [0.2, 0.25) is 0 Å². The number of rotatable bonds is 5. The zero-order chi connectivity index (χ0) is 14.8. The van der Waals surface area contributed by atoms with E-state index in [2.05, 4.69) is 6.92 Å². The molecule has 5 nitrogen and oxygen atoms in total. The van der Waals surface area contributed by atoms with Crippen molar-refractivity contribution < 1.29 is 14.3 Å². The third-order valence-electron chi connectivity index (χ3n) is 4.97. The van der Waals surface area contributed by atoms with Gasteiger partial charge in [0, 0.05) is 32.2 Å². The van der Waals surface area contributed by atoms with Crippen LogP contribution in [0.1, 0.15) is 39.0 Å². The van der Waals surface area contributed by atoms with E-state index in [0.29, 0.717) is 12.5 Å². The summed E-state index contributed by atoms with van der Waals surface area (Å²) in [4.78, 5) is 28.6. The van der Waals surface area contributed by atoms with E-state index in [4.69, 9.17) is 4.74 Å². The highest BCUT2D eigenvalue weighted by Crippen LogP contribution is 2.39. The van der Waals surface area contributed by atoms with E-state index in [9.17, 15) is 9.59 Å². The Kier molecular flexibility index (Phi) is 4.48. The van der Waals surface area contributed by atoms with Gasteiger partial charge in [0.2, 0.25) is 11.8 Å². The van der Waals surface area contributed by atoms with Gasteiger partial charge in [0.15, 0.2) is 0 Å². The van der Waals surface area contributed by atoms with Crippen LogP contribution in [0.25, 0.3) is 0 Å². The summed E-state index contributed by atoms with van der Waals surface area (Å²) >= 11 is 0. The minimum Gasteiger partial charge on any atom is -0.376 e. The molecule has 3 fully saturated rings. The average Bonchev–Trinajstić information content (AvgIpc) is 2.95. The van der Waals surface area contributed by atoms with Gasteiger partial charge in [-0.15, -0.1) is 0 Å². The molecule has 3 aliphatic rings. The number of ether oxygens (including phenoxy) is 1. The van der Waals surface area contributed by atoms with Crippen LogP contribution in [0.15, 0.2) is 0 Å². The highest BCUT2D eigenvalue weighted by molar-refractivity contribution is 5.87. The summed E-state index contributed by atoms with van der Waals surface area (Å²) in [6.45, 7) is 5.41. The number of carbonyl (C=O) groups is 2. The molecule has 118 valence electrons. The molecule has 2 saturated heterocycles. The Morgan fingerprint density at radius 3 is 2.52 bits per heavy atom. The van der Waals surface area contributed by atoms with E-state index in [1.165, 1.54) is 0 Å². The first-order valence-electron chi connectivity index (χ1n) is 8.33. The zero-order valence-electron chi connectivity index (χ0n) is 12.9. The Morgan fingerprint density at radius 1 is 1.24 bits per heavy atom.